The number of carboxylic acids is 1. The molecule has 0 atom stereocenters. The van der Waals surface area contributed by atoms with Gasteiger partial charge in [-0.15, -0.1) is 11.3 Å². The number of nitrogens with zero attached hydrogens (tertiary/aromatic N) is 2. The molecule has 0 spiro atoms. The van der Waals surface area contributed by atoms with E-state index < -0.39 is 5.97 Å². The van der Waals surface area contributed by atoms with Crippen LogP contribution in [0.5, 0.6) is 0 Å². The van der Waals surface area contributed by atoms with Crippen LogP contribution in [0.4, 0.5) is 5.69 Å². The lowest BCUT2D eigenvalue weighted by Crippen LogP contribution is -2.16. The fourth-order valence-corrected chi connectivity index (χ4v) is 2.56. The summed E-state index contributed by atoms with van der Waals surface area (Å²) < 4.78 is 0. The first kappa shape index (κ1) is 14.1. The van der Waals surface area contributed by atoms with E-state index in [0.717, 1.165) is 16.9 Å². The van der Waals surface area contributed by atoms with Gasteiger partial charge in [0, 0.05) is 0 Å². The van der Waals surface area contributed by atoms with Crippen molar-refractivity contribution in [3.63, 3.8) is 0 Å². The summed E-state index contributed by atoms with van der Waals surface area (Å²) in [6, 6.07) is 1.62. The Hall–Kier alpha value is -2.28. The number of aromatic carboxylic acids is 1. The van der Waals surface area contributed by atoms with Crippen LogP contribution in [0.3, 0.4) is 0 Å². The molecule has 0 aliphatic heterocycles. The minimum Gasteiger partial charge on any atom is -0.477 e. The Bertz CT molecular complexity index is 694. The standard InChI is InChI=1S/C13H13N3O3S/c1-6-5-20-11(13(18)19)10(6)14-12(17)9-4-7(2)15-16-8(9)3/h4-5H,1-3H3,(H,14,17)(H,18,19). The number of aromatic nitrogens is 2. The third kappa shape index (κ3) is 2.67. The first-order valence-corrected chi connectivity index (χ1v) is 6.71. The van der Waals surface area contributed by atoms with Crippen molar-refractivity contribution in [2.45, 2.75) is 20.8 Å². The van der Waals surface area contributed by atoms with Crippen molar-refractivity contribution in [1.29, 1.82) is 0 Å². The Balaban J connectivity index is 2.35. The summed E-state index contributed by atoms with van der Waals surface area (Å²) in [5.74, 6) is -1.44. The maximum Gasteiger partial charge on any atom is 0.348 e. The molecule has 2 aromatic heterocycles. The Morgan fingerprint density at radius 1 is 1.25 bits per heavy atom. The molecular formula is C13H13N3O3S. The fraction of sp³-hybridized carbons (Fsp3) is 0.231. The zero-order chi connectivity index (χ0) is 14.9. The molecule has 2 N–H and O–H groups in total. The van der Waals surface area contributed by atoms with Gasteiger partial charge < -0.3 is 10.4 Å². The smallest absolute Gasteiger partial charge is 0.348 e. The van der Waals surface area contributed by atoms with Crippen LogP contribution in [0.1, 0.15) is 37.0 Å². The van der Waals surface area contributed by atoms with Crippen molar-refractivity contribution in [1.82, 2.24) is 10.2 Å². The van der Waals surface area contributed by atoms with E-state index in [1.54, 1.807) is 32.2 Å². The number of nitrogens with one attached hydrogen (secondary N) is 1. The summed E-state index contributed by atoms with van der Waals surface area (Å²) in [4.78, 5) is 23.5. The molecule has 0 fully saturated rings. The highest BCUT2D eigenvalue weighted by Gasteiger charge is 2.19. The molecule has 0 bridgehead atoms. The zero-order valence-corrected chi connectivity index (χ0v) is 12.0. The summed E-state index contributed by atoms with van der Waals surface area (Å²) in [5, 5.41) is 21.2. The highest BCUT2D eigenvalue weighted by Crippen LogP contribution is 2.28. The van der Waals surface area contributed by atoms with Gasteiger partial charge in [-0.1, -0.05) is 0 Å². The van der Waals surface area contributed by atoms with E-state index in [4.69, 9.17) is 5.11 Å². The molecule has 7 heteroatoms. The van der Waals surface area contributed by atoms with Crippen LogP contribution in [-0.2, 0) is 0 Å². The number of hydrogen-bond acceptors (Lipinski definition) is 5. The largest absolute Gasteiger partial charge is 0.477 e. The SMILES string of the molecule is Cc1cc(C(=O)Nc2c(C)csc2C(=O)O)c(C)nn1. The van der Waals surface area contributed by atoms with E-state index in [0.29, 0.717) is 22.6 Å². The number of amides is 1. The number of carbonyl (C=O) groups is 2. The highest BCUT2D eigenvalue weighted by molar-refractivity contribution is 7.12. The first-order valence-electron chi connectivity index (χ1n) is 5.83. The molecule has 0 saturated heterocycles. The van der Waals surface area contributed by atoms with Crippen LogP contribution in [0.25, 0.3) is 0 Å². The lowest BCUT2D eigenvalue weighted by molar-refractivity contribution is 0.0703. The molecule has 0 aliphatic rings. The average Bonchev–Trinajstić information content (AvgIpc) is 2.74. The van der Waals surface area contributed by atoms with Gasteiger partial charge in [-0.05, 0) is 37.8 Å². The zero-order valence-electron chi connectivity index (χ0n) is 11.2. The van der Waals surface area contributed by atoms with Gasteiger partial charge in [0.05, 0.1) is 22.6 Å². The molecule has 2 rings (SSSR count). The predicted octanol–water partition coefficient (Wildman–Crippen LogP) is 2.41. The molecule has 20 heavy (non-hydrogen) atoms. The predicted molar refractivity (Wildman–Crippen MR) is 75.5 cm³/mol. The second-order valence-electron chi connectivity index (χ2n) is 4.37. The molecule has 0 unspecified atom stereocenters. The van der Waals surface area contributed by atoms with Crippen molar-refractivity contribution < 1.29 is 14.7 Å². The average molecular weight is 291 g/mol. The van der Waals surface area contributed by atoms with Crippen LogP contribution in [0, 0.1) is 20.8 Å². The number of rotatable bonds is 3. The number of aryl methyl sites for hydroxylation is 3. The van der Waals surface area contributed by atoms with E-state index in [1.165, 1.54) is 0 Å². The lowest BCUT2D eigenvalue weighted by Gasteiger charge is -2.08. The molecule has 0 aromatic carbocycles. The minimum atomic E-state index is -1.06. The van der Waals surface area contributed by atoms with Gasteiger partial charge in [0.2, 0.25) is 0 Å². The quantitative estimate of drug-likeness (QED) is 0.906. The number of hydrogen-bond donors (Lipinski definition) is 2. The van der Waals surface area contributed by atoms with E-state index in [1.807, 2.05) is 0 Å². The van der Waals surface area contributed by atoms with E-state index >= 15 is 0 Å². The van der Waals surface area contributed by atoms with Gasteiger partial charge >= 0.3 is 5.97 Å². The summed E-state index contributed by atoms with van der Waals surface area (Å²) in [6.45, 7) is 5.17. The molecular weight excluding hydrogens is 278 g/mol. The normalized spacial score (nSPS) is 10.3. The molecule has 2 heterocycles. The van der Waals surface area contributed by atoms with Gasteiger partial charge in [-0.2, -0.15) is 10.2 Å². The molecule has 6 nitrogen and oxygen atoms in total. The van der Waals surface area contributed by atoms with Crippen molar-refractivity contribution >= 4 is 28.9 Å². The maximum absolute atomic E-state index is 12.2. The van der Waals surface area contributed by atoms with Gasteiger partial charge in [0.1, 0.15) is 4.88 Å². The van der Waals surface area contributed by atoms with Gasteiger partial charge in [-0.3, -0.25) is 4.79 Å². The van der Waals surface area contributed by atoms with E-state index in [9.17, 15) is 9.59 Å². The summed E-state index contributed by atoms with van der Waals surface area (Å²) in [5.41, 5.74) is 2.57. The summed E-state index contributed by atoms with van der Waals surface area (Å²) in [6.07, 6.45) is 0. The topological polar surface area (TPSA) is 92.2 Å². The maximum atomic E-state index is 12.2. The van der Waals surface area contributed by atoms with Crippen LogP contribution < -0.4 is 5.32 Å². The molecule has 104 valence electrons. The fourth-order valence-electron chi connectivity index (χ4n) is 1.72. The van der Waals surface area contributed by atoms with Crippen LogP contribution in [0.2, 0.25) is 0 Å². The monoisotopic (exact) mass is 291 g/mol. The minimum absolute atomic E-state index is 0.118. The Morgan fingerprint density at radius 3 is 2.60 bits per heavy atom. The van der Waals surface area contributed by atoms with Crippen LogP contribution in [0.15, 0.2) is 11.4 Å². The highest BCUT2D eigenvalue weighted by atomic mass is 32.1. The molecule has 1 amide bonds. The Kier molecular flexibility index (Phi) is 3.80. The van der Waals surface area contributed by atoms with Crippen molar-refractivity contribution in [2.24, 2.45) is 0 Å². The van der Waals surface area contributed by atoms with Crippen molar-refractivity contribution in [3.05, 3.63) is 38.8 Å². The van der Waals surface area contributed by atoms with Crippen LogP contribution in [-0.4, -0.2) is 27.2 Å². The molecule has 0 aliphatic carbocycles. The molecule has 0 saturated carbocycles. The van der Waals surface area contributed by atoms with Gasteiger partial charge in [-0.25, -0.2) is 4.79 Å². The first-order chi connectivity index (χ1) is 9.40. The molecule has 0 radical (unpaired) electrons. The van der Waals surface area contributed by atoms with Gasteiger partial charge in [0.25, 0.3) is 5.91 Å². The number of anilines is 1. The number of thiophene rings is 1. The Morgan fingerprint density at radius 2 is 1.95 bits per heavy atom. The lowest BCUT2D eigenvalue weighted by atomic mass is 10.1. The van der Waals surface area contributed by atoms with E-state index in [2.05, 4.69) is 15.5 Å². The number of carboxylic acid groups (broad SMARTS) is 1. The van der Waals surface area contributed by atoms with Crippen LogP contribution >= 0.6 is 11.3 Å². The summed E-state index contributed by atoms with van der Waals surface area (Å²) in [7, 11) is 0. The number of carbonyl (C=O) groups excluding carboxylic acids is 1. The second kappa shape index (κ2) is 5.38. The molecule has 2 aromatic rings. The Labute approximate surface area is 119 Å². The van der Waals surface area contributed by atoms with Crippen molar-refractivity contribution in [2.75, 3.05) is 5.32 Å². The van der Waals surface area contributed by atoms with Crippen molar-refractivity contribution in [3.8, 4) is 0 Å². The van der Waals surface area contributed by atoms with E-state index in [-0.39, 0.29) is 10.8 Å². The third-order valence-electron chi connectivity index (χ3n) is 2.75. The summed E-state index contributed by atoms with van der Waals surface area (Å²) >= 11 is 1.09. The van der Waals surface area contributed by atoms with Gasteiger partial charge in [0.15, 0.2) is 0 Å². The third-order valence-corrected chi connectivity index (χ3v) is 3.84. The second-order valence-corrected chi connectivity index (χ2v) is 5.25.